The number of rotatable bonds is 6. The molecular formula is C25H31N5O2S. The molecule has 7 nitrogen and oxygen atoms in total. The van der Waals surface area contributed by atoms with Crippen molar-refractivity contribution in [3.05, 3.63) is 54.0 Å². The van der Waals surface area contributed by atoms with Crippen LogP contribution >= 0.6 is 11.8 Å². The number of fused-ring (bicyclic) bond motifs is 1. The molecule has 0 radical (unpaired) electrons. The van der Waals surface area contributed by atoms with E-state index in [2.05, 4.69) is 39.6 Å². The predicted molar refractivity (Wildman–Crippen MR) is 131 cm³/mol. The zero-order valence-corrected chi connectivity index (χ0v) is 20.3. The van der Waals surface area contributed by atoms with Crippen LogP contribution < -0.4 is 9.80 Å². The summed E-state index contributed by atoms with van der Waals surface area (Å²) in [7, 11) is 0. The first-order valence-electron chi connectivity index (χ1n) is 11.8. The van der Waals surface area contributed by atoms with E-state index in [0.29, 0.717) is 18.4 Å². The molecule has 4 heterocycles. The average Bonchev–Trinajstić information content (AvgIpc) is 3.53. The molecule has 5 rings (SSSR count). The predicted octanol–water partition coefficient (Wildman–Crippen LogP) is 4.47. The molecule has 1 saturated heterocycles. The molecule has 1 fully saturated rings. The smallest absolute Gasteiger partial charge is 0.240 e. The van der Waals surface area contributed by atoms with Gasteiger partial charge in [0.15, 0.2) is 5.16 Å². The number of carbonyl (C=O) groups excluding carboxylic acids is 1. The lowest BCUT2D eigenvalue weighted by molar-refractivity contribution is -0.117. The van der Waals surface area contributed by atoms with Gasteiger partial charge in [-0.2, -0.15) is 0 Å². The molecule has 2 aromatic heterocycles. The normalized spacial score (nSPS) is 21.3. The van der Waals surface area contributed by atoms with Crippen LogP contribution in [0.5, 0.6) is 0 Å². The zero-order chi connectivity index (χ0) is 22.9. The van der Waals surface area contributed by atoms with E-state index in [1.807, 2.05) is 42.2 Å². The Labute approximate surface area is 199 Å². The second-order valence-electron chi connectivity index (χ2n) is 9.43. The second-order valence-corrected chi connectivity index (χ2v) is 10.7. The number of nitrogens with zero attached hydrogens (tertiary/aromatic N) is 5. The molecule has 0 N–H and O–H groups in total. The van der Waals surface area contributed by atoms with Crippen molar-refractivity contribution in [1.82, 2.24) is 14.8 Å². The van der Waals surface area contributed by atoms with Gasteiger partial charge in [0.2, 0.25) is 11.9 Å². The van der Waals surface area contributed by atoms with Crippen LogP contribution in [0.3, 0.4) is 0 Å². The molecule has 2 aliphatic heterocycles. The highest BCUT2D eigenvalue weighted by molar-refractivity contribution is 8.00. The molecule has 0 bridgehead atoms. The third kappa shape index (κ3) is 4.53. The van der Waals surface area contributed by atoms with Gasteiger partial charge in [-0.25, -0.2) is 0 Å². The summed E-state index contributed by atoms with van der Waals surface area (Å²) < 4.78 is 7.75. The summed E-state index contributed by atoms with van der Waals surface area (Å²) in [4.78, 5) is 17.6. The lowest BCUT2D eigenvalue weighted by atomic mass is 9.92. The molecule has 33 heavy (non-hydrogen) atoms. The highest BCUT2D eigenvalue weighted by Crippen LogP contribution is 2.33. The molecule has 1 amide bonds. The molecule has 3 atom stereocenters. The van der Waals surface area contributed by atoms with Crippen molar-refractivity contribution >= 4 is 29.3 Å². The van der Waals surface area contributed by atoms with E-state index in [9.17, 15) is 4.79 Å². The van der Waals surface area contributed by atoms with Crippen LogP contribution in [0.25, 0.3) is 0 Å². The number of hydrogen-bond acceptors (Lipinski definition) is 6. The van der Waals surface area contributed by atoms with Crippen molar-refractivity contribution in [1.29, 1.82) is 0 Å². The number of furan rings is 1. The summed E-state index contributed by atoms with van der Waals surface area (Å²) in [5.41, 5.74) is 2.27. The van der Waals surface area contributed by atoms with Gasteiger partial charge in [-0.1, -0.05) is 43.8 Å². The number of amides is 1. The lowest BCUT2D eigenvalue weighted by Gasteiger charge is -2.35. The molecule has 0 aliphatic carbocycles. The van der Waals surface area contributed by atoms with Crippen molar-refractivity contribution in [3.63, 3.8) is 0 Å². The van der Waals surface area contributed by atoms with Gasteiger partial charge in [0.1, 0.15) is 5.76 Å². The first kappa shape index (κ1) is 22.1. The van der Waals surface area contributed by atoms with E-state index in [1.165, 1.54) is 23.7 Å². The monoisotopic (exact) mass is 465 g/mol. The van der Waals surface area contributed by atoms with E-state index in [0.717, 1.165) is 48.6 Å². The number of aromatic nitrogens is 3. The summed E-state index contributed by atoms with van der Waals surface area (Å²) in [6.45, 7) is 9.75. The zero-order valence-electron chi connectivity index (χ0n) is 19.5. The van der Waals surface area contributed by atoms with Crippen molar-refractivity contribution in [2.45, 2.75) is 50.6 Å². The third-order valence-electron chi connectivity index (χ3n) is 6.53. The van der Waals surface area contributed by atoms with Gasteiger partial charge in [-0.15, -0.1) is 10.2 Å². The first-order chi connectivity index (χ1) is 16.0. The molecule has 2 aliphatic rings. The minimum Gasteiger partial charge on any atom is -0.467 e. The summed E-state index contributed by atoms with van der Waals surface area (Å²) >= 11 is 1.48. The van der Waals surface area contributed by atoms with E-state index in [-0.39, 0.29) is 11.2 Å². The molecular weight excluding hydrogens is 434 g/mol. The van der Waals surface area contributed by atoms with Gasteiger partial charge >= 0.3 is 0 Å². The van der Waals surface area contributed by atoms with E-state index in [1.54, 1.807) is 6.26 Å². The summed E-state index contributed by atoms with van der Waals surface area (Å²) in [6, 6.07) is 12.0. The standard InChI is InChI=1S/C25H31N5O2S/c1-17-13-18(2)15-28(14-17)24-26-27-25(30(24)16-21-8-6-12-32-21)33-19(3)23(31)29-11-10-20-7-4-5-9-22(20)29/h4-9,12,17-19H,10-11,13-16H2,1-3H3. The number of hydrogen-bond donors (Lipinski definition) is 0. The Balaban J connectivity index is 1.39. The van der Waals surface area contributed by atoms with Crippen LogP contribution in [-0.4, -0.2) is 45.6 Å². The Morgan fingerprint density at radius 1 is 1.15 bits per heavy atom. The van der Waals surface area contributed by atoms with Gasteiger partial charge in [-0.3, -0.25) is 9.36 Å². The fourth-order valence-corrected chi connectivity index (χ4v) is 6.03. The molecule has 1 aromatic carbocycles. The fraction of sp³-hybridized carbons (Fsp3) is 0.480. The largest absolute Gasteiger partial charge is 0.467 e. The van der Waals surface area contributed by atoms with Gasteiger partial charge in [0.05, 0.1) is 18.1 Å². The summed E-state index contributed by atoms with van der Waals surface area (Å²) in [5.74, 6) is 3.03. The van der Waals surface area contributed by atoms with E-state index in [4.69, 9.17) is 4.42 Å². The number of benzene rings is 1. The lowest BCUT2D eigenvalue weighted by Crippen LogP contribution is -2.40. The minimum absolute atomic E-state index is 0.110. The van der Waals surface area contributed by atoms with Gasteiger partial charge in [-0.05, 0) is 55.4 Å². The van der Waals surface area contributed by atoms with Crippen LogP contribution in [0.4, 0.5) is 11.6 Å². The van der Waals surface area contributed by atoms with E-state index >= 15 is 0 Å². The maximum Gasteiger partial charge on any atom is 0.240 e. The molecule has 8 heteroatoms. The quantitative estimate of drug-likeness (QED) is 0.501. The van der Waals surface area contributed by atoms with Crippen molar-refractivity contribution < 1.29 is 9.21 Å². The maximum absolute atomic E-state index is 13.4. The van der Waals surface area contributed by atoms with Crippen LogP contribution in [0.2, 0.25) is 0 Å². The molecule has 0 spiro atoms. The van der Waals surface area contributed by atoms with Crippen molar-refractivity contribution in [2.24, 2.45) is 11.8 Å². The van der Waals surface area contributed by atoms with Gasteiger partial charge in [0.25, 0.3) is 0 Å². The third-order valence-corrected chi connectivity index (χ3v) is 7.59. The van der Waals surface area contributed by atoms with Crippen LogP contribution in [-0.2, 0) is 17.8 Å². The van der Waals surface area contributed by atoms with Crippen molar-refractivity contribution in [2.75, 3.05) is 29.4 Å². The fourth-order valence-electron chi connectivity index (χ4n) is 5.12. The molecule has 0 saturated carbocycles. The Morgan fingerprint density at radius 2 is 1.94 bits per heavy atom. The number of para-hydroxylation sites is 1. The van der Waals surface area contributed by atoms with Crippen LogP contribution in [0.1, 0.15) is 38.5 Å². The van der Waals surface area contributed by atoms with E-state index < -0.39 is 0 Å². The van der Waals surface area contributed by atoms with Gasteiger partial charge in [0, 0.05) is 25.3 Å². The molecule has 174 valence electrons. The Hall–Kier alpha value is -2.74. The highest BCUT2D eigenvalue weighted by atomic mass is 32.2. The topological polar surface area (TPSA) is 67.4 Å². The Bertz CT molecular complexity index is 1100. The number of thioether (sulfide) groups is 1. The average molecular weight is 466 g/mol. The minimum atomic E-state index is -0.275. The maximum atomic E-state index is 13.4. The summed E-state index contributed by atoms with van der Waals surface area (Å²) in [5, 5.41) is 9.60. The Morgan fingerprint density at radius 3 is 2.70 bits per heavy atom. The van der Waals surface area contributed by atoms with Gasteiger partial charge < -0.3 is 14.2 Å². The van der Waals surface area contributed by atoms with Crippen molar-refractivity contribution in [3.8, 4) is 0 Å². The highest BCUT2D eigenvalue weighted by Gasteiger charge is 2.31. The number of anilines is 2. The summed E-state index contributed by atoms with van der Waals surface area (Å²) in [6.07, 6.45) is 3.82. The van der Waals surface area contributed by atoms with Crippen LogP contribution in [0.15, 0.2) is 52.2 Å². The molecule has 3 unspecified atom stereocenters. The number of carbonyl (C=O) groups is 1. The number of piperidine rings is 1. The SMILES string of the molecule is CC1CC(C)CN(c2nnc(SC(C)C(=O)N3CCc4ccccc43)n2Cc2ccco2)C1. The van der Waals surface area contributed by atoms with Crippen LogP contribution in [0, 0.1) is 11.8 Å². The molecule has 3 aromatic rings. The first-order valence-corrected chi connectivity index (χ1v) is 12.6. The second kappa shape index (κ2) is 9.25. The Kier molecular flexibility index (Phi) is 6.19.